The molecule has 0 saturated carbocycles. The van der Waals surface area contributed by atoms with Crippen molar-refractivity contribution < 1.29 is 26.3 Å². The smallest absolute Gasteiger partial charge is 0.406 e. The fourth-order valence-corrected chi connectivity index (χ4v) is 3.26. The fraction of sp³-hybridized carbons (Fsp3) is 0.0769. The van der Waals surface area contributed by atoms with E-state index < -0.39 is 21.9 Å². The van der Waals surface area contributed by atoms with E-state index in [2.05, 4.69) is 14.8 Å². The van der Waals surface area contributed by atoms with Crippen molar-refractivity contribution in [2.75, 3.05) is 0 Å². The van der Waals surface area contributed by atoms with Gasteiger partial charge in [0, 0.05) is 12.4 Å². The van der Waals surface area contributed by atoms with Crippen LogP contribution in [0.4, 0.5) is 13.2 Å². The Kier molecular flexibility index (Phi) is 3.48. The quantitative estimate of drug-likeness (QED) is 0.730. The van der Waals surface area contributed by atoms with E-state index in [1.54, 1.807) is 6.07 Å². The molecule has 0 spiro atoms. The third-order valence-electron chi connectivity index (χ3n) is 2.90. The van der Waals surface area contributed by atoms with Crippen LogP contribution in [0.2, 0.25) is 0 Å². The van der Waals surface area contributed by atoms with Crippen LogP contribution in [0.15, 0.2) is 58.7 Å². The average molecular weight is 343 g/mol. The molecule has 0 unspecified atom stereocenters. The van der Waals surface area contributed by atoms with Gasteiger partial charge in [0.1, 0.15) is 10.6 Å². The Hall–Kier alpha value is -2.62. The maximum Gasteiger partial charge on any atom is 0.573 e. The molecule has 120 valence electrons. The summed E-state index contributed by atoms with van der Waals surface area (Å²) in [4.78, 5) is 3.62. The summed E-state index contributed by atoms with van der Waals surface area (Å²) < 4.78 is 66.4. The van der Waals surface area contributed by atoms with E-state index in [4.69, 9.17) is 0 Å². The number of fused-ring (bicyclic) bond motifs is 1. The average Bonchev–Trinajstić information content (AvgIpc) is 2.90. The summed E-state index contributed by atoms with van der Waals surface area (Å²) in [5, 5.41) is 3.88. The summed E-state index contributed by atoms with van der Waals surface area (Å²) in [6, 6.07) is 5.50. The molecule has 6 nitrogen and oxygen atoms in total. The van der Waals surface area contributed by atoms with E-state index in [9.17, 15) is 21.6 Å². The van der Waals surface area contributed by atoms with Crippen LogP contribution in [0.5, 0.6) is 5.75 Å². The van der Waals surface area contributed by atoms with Crippen molar-refractivity contribution in [1.29, 1.82) is 0 Å². The van der Waals surface area contributed by atoms with Crippen molar-refractivity contribution in [3.05, 3.63) is 48.9 Å². The highest BCUT2D eigenvalue weighted by atomic mass is 32.2. The van der Waals surface area contributed by atoms with Crippen LogP contribution in [0.3, 0.4) is 0 Å². The highest BCUT2D eigenvalue weighted by Gasteiger charge is 2.31. The largest absolute Gasteiger partial charge is 0.573 e. The first kappa shape index (κ1) is 15.3. The molecule has 0 bridgehead atoms. The summed E-state index contributed by atoms with van der Waals surface area (Å²) in [5.41, 5.74) is 0.128. The lowest BCUT2D eigenvalue weighted by molar-refractivity contribution is -0.274. The molecule has 23 heavy (non-hydrogen) atoms. The van der Waals surface area contributed by atoms with Gasteiger partial charge in [0.2, 0.25) is 9.84 Å². The predicted octanol–water partition coefficient (Wildman–Crippen LogP) is 2.46. The Labute approximate surface area is 128 Å². The lowest BCUT2D eigenvalue weighted by Crippen LogP contribution is -2.17. The molecule has 3 aromatic rings. The van der Waals surface area contributed by atoms with Crippen LogP contribution < -0.4 is 4.74 Å². The Bertz CT molecular complexity index is 950. The van der Waals surface area contributed by atoms with Crippen LogP contribution in [-0.4, -0.2) is 29.4 Å². The van der Waals surface area contributed by atoms with Crippen molar-refractivity contribution in [1.82, 2.24) is 14.6 Å². The number of hydrogen-bond donors (Lipinski definition) is 0. The van der Waals surface area contributed by atoms with Crippen LogP contribution >= 0.6 is 0 Å². The molecule has 0 amide bonds. The first-order valence-corrected chi connectivity index (χ1v) is 7.65. The number of hydrogen-bond acceptors (Lipinski definition) is 5. The van der Waals surface area contributed by atoms with Gasteiger partial charge in [0.05, 0.1) is 11.1 Å². The van der Waals surface area contributed by atoms with Gasteiger partial charge in [0.15, 0.2) is 5.65 Å². The molecule has 0 atom stereocenters. The van der Waals surface area contributed by atoms with E-state index in [-0.39, 0.29) is 15.4 Å². The lowest BCUT2D eigenvalue weighted by atomic mass is 10.3. The molecule has 2 heterocycles. The van der Waals surface area contributed by atoms with Crippen LogP contribution in [-0.2, 0) is 9.84 Å². The molecule has 0 saturated heterocycles. The van der Waals surface area contributed by atoms with E-state index >= 15 is 0 Å². The molecule has 10 heteroatoms. The third kappa shape index (κ3) is 2.97. The number of alkyl halides is 3. The second kappa shape index (κ2) is 5.23. The van der Waals surface area contributed by atoms with Gasteiger partial charge in [-0.2, -0.15) is 5.10 Å². The molecule has 0 N–H and O–H groups in total. The molecule has 0 fully saturated rings. The molecule has 0 aliphatic heterocycles. The number of nitrogens with zero attached hydrogens (tertiary/aromatic N) is 3. The zero-order chi connectivity index (χ0) is 16.7. The van der Waals surface area contributed by atoms with Crippen molar-refractivity contribution >= 4 is 15.5 Å². The normalized spacial score (nSPS) is 12.5. The first-order valence-electron chi connectivity index (χ1n) is 6.17. The Morgan fingerprint density at radius 3 is 2.48 bits per heavy atom. The van der Waals surface area contributed by atoms with Crippen molar-refractivity contribution in [3.8, 4) is 5.75 Å². The second-order valence-corrected chi connectivity index (χ2v) is 6.34. The molecule has 0 radical (unpaired) electrons. The zero-order valence-electron chi connectivity index (χ0n) is 11.2. The number of sulfone groups is 1. The number of ether oxygens (including phenoxy) is 1. The van der Waals surface area contributed by atoms with Crippen LogP contribution in [0.25, 0.3) is 5.65 Å². The minimum Gasteiger partial charge on any atom is -0.406 e. The van der Waals surface area contributed by atoms with E-state index in [0.29, 0.717) is 0 Å². The van der Waals surface area contributed by atoms with Gasteiger partial charge in [-0.25, -0.2) is 17.9 Å². The Morgan fingerprint density at radius 1 is 1.13 bits per heavy atom. The second-order valence-electron chi connectivity index (χ2n) is 4.42. The lowest BCUT2D eigenvalue weighted by Gasteiger charge is -2.09. The summed E-state index contributed by atoms with van der Waals surface area (Å²) in [5.74, 6) is -0.505. The van der Waals surface area contributed by atoms with Crippen LogP contribution in [0.1, 0.15) is 0 Å². The van der Waals surface area contributed by atoms with Gasteiger partial charge in [0.25, 0.3) is 0 Å². The van der Waals surface area contributed by atoms with Crippen LogP contribution in [0, 0.1) is 0 Å². The van der Waals surface area contributed by atoms with Crippen molar-refractivity contribution in [2.45, 2.75) is 16.2 Å². The number of aromatic nitrogens is 3. The minimum absolute atomic E-state index is 0.128. The first-order chi connectivity index (χ1) is 10.8. The third-order valence-corrected chi connectivity index (χ3v) is 4.66. The highest BCUT2D eigenvalue weighted by molar-refractivity contribution is 7.91. The number of halogens is 3. The van der Waals surface area contributed by atoms with E-state index in [0.717, 1.165) is 30.5 Å². The van der Waals surface area contributed by atoms with E-state index in [1.807, 2.05) is 0 Å². The maximum absolute atomic E-state index is 12.5. The molecule has 1 aromatic carbocycles. The van der Waals surface area contributed by atoms with Gasteiger partial charge >= 0.3 is 6.36 Å². The molecule has 3 rings (SSSR count). The van der Waals surface area contributed by atoms with Gasteiger partial charge in [-0.05, 0) is 30.3 Å². The predicted molar refractivity (Wildman–Crippen MR) is 71.6 cm³/mol. The highest BCUT2D eigenvalue weighted by Crippen LogP contribution is 2.27. The van der Waals surface area contributed by atoms with E-state index in [1.165, 1.54) is 16.9 Å². The van der Waals surface area contributed by atoms with Gasteiger partial charge in [-0.15, -0.1) is 13.2 Å². The summed E-state index contributed by atoms with van der Waals surface area (Å²) >= 11 is 0. The fourth-order valence-electron chi connectivity index (χ4n) is 1.94. The molecular weight excluding hydrogens is 335 g/mol. The topological polar surface area (TPSA) is 73.6 Å². The summed E-state index contributed by atoms with van der Waals surface area (Å²) in [6.07, 6.45) is -0.761. The molecule has 2 aromatic heterocycles. The summed E-state index contributed by atoms with van der Waals surface area (Å²) in [7, 11) is -3.97. The van der Waals surface area contributed by atoms with Gasteiger partial charge in [-0.3, -0.25) is 0 Å². The molecular formula is C13H8F3N3O3S. The molecule has 0 aliphatic rings. The molecule has 0 aliphatic carbocycles. The van der Waals surface area contributed by atoms with Gasteiger partial charge < -0.3 is 4.74 Å². The van der Waals surface area contributed by atoms with Gasteiger partial charge in [-0.1, -0.05) is 0 Å². The number of benzene rings is 1. The monoisotopic (exact) mass is 343 g/mol. The number of rotatable bonds is 3. The standard InChI is InChI=1S/C13H8F3N3O3S/c14-13(15,16)22-9-2-4-10(5-3-9)23(20,21)11-8-18-19-7-1-6-17-12(11)19/h1-8H. The summed E-state index contributed by atoms with van der Waals surface area (Å²) in [6.45, 7) is 0. The SMILES string of the molecule is O=S(=O)(c1ccc(OC(F)(F)F)cc1)c1cnn2cccnc12. The van der Waals surface area contributed by atoms with Crippen molar-refractivity contribution in [2.24, 2.45) is 0 Å². The zero-order valence-corrected chi connectivity index (χ0v) is 12.0. The van der Waals surface area contributed by atoms with Crippen molar-refractivity contribution in [3.63, 3.8) is 0 Å². The Morgan fingerprint density at radius 2 is 1.83 bits per heavy atom. The minimum atomic E-state index is -4.84. The Balaban J connectivity index is 2.00. The maximum atomic E-state index is 12.5.